The molecule has 2 rings (SSSR count). The zero-order chi connectivity index (χ0) is 21.8. The van der Waals surface area contributed by atoms with Gasteiger partial charge in [0, 0.05) is 19.6 Å². The van der Waals surface area contributed by atoms with Crippen LogP contribution in [-0.4, -0.2) is 61.8 Å². The van der Waals surface area contributed by atoms with Gasteiger partial charge in [0.25, 0.3) is 0 Å². The third kappa shape index (κ3) is 9.26. The second-order valence-electron chi connectivity index (χ2n) is 7.86. The summed E-state index contributed by atoms with van der Waals surface area (Å²) in [6.07, 6.45) is 4.04. The van der Waals surface area contributed by atoms with Crippen LogP contribution in [0.3, 0.4) is 0 Å². The van der Waals surface area contributed by atoms with Crippen LogP contribution < -0.4 is 15.4 Å². The normalized spacial score (nSPS) is 19.0. The molecule has 0 spiro atoms. The summed E-state index contributed by atoms with van der Waals surface area (Å²) < 4.78 is 28.8. The van der Waals surface area contributed by atoms with Crippen LogP contribution in [0.5, 0.6) is 5.75 Å². The van der Waals surface area contributed by atoms with Gasteiger partial charge in [-0.05, 0) is 69.3 Å². The highest BCUT2D eigenvalue weighted by Crippen LogP contribution is 2.19. The second kappa shape index (κ2) is 13.4. The number of nitrogens with one attached hydrogen (secondary N) is 2. The highest BCUT2D eigenvalue weighted by Gasteiger charge is 2.15. The first-order chi connectivity index (χ1) is 14.5. The Morgan fingerprint density at radius 1 is 1.27 bits per heavy atom. The van der Waals surface area contributed by atoms with Crippen LogP contribution in [0.4, 0.5) is 8.78 Å². The number of rotatable bonds is 11. The van der Waals surface area contributed by atoms with Gasteiger partial charge in [-0.3, -0.25) is 4.99 Å². The fraction of sp³-hybridized carbons (Fsp3) is 0.682. The number of guanidine groups is 1. The average molecular weight is 427 g/mol. The van der Waals surface area contributed by atoms with Crippen molar-refractivity contribution in [3.8, 4) is 5.75 Å². The number of aliphatic hydroxyl groups excluding tert-OH is 1. The lowest BCUT2D eigenvalue weighted by Crippen LogP contribution is -2.38. The van der Waals surface area contributed by atoms with Crippen molar-refractivity contribution in [2.45, 2.75) is 52.2 Å². The quantitative estimate of drug-likeness (QED) is 0.288. The number of nitrogens with zero attached hydrogens (tertiary/aromatic N) is 2. The van der Waals surface area contributed by atoms with E-state index in [-0.39, 0.29) is 12.3 Å². The molecule has 2 unspecified atom stereocenters. The number of unbranched alkanes of at least 4 members (excludes halogenated alkanes) is 1. The van der Waals surface area contributed by atoms with Gasteiger partial charge in [-0.1, -0.05) is 19.1 Å². The Morgan fingerprint density at radius 2 is 2.03 bits per heavy atom. The van der Waals surface area contributed by atoms with E-state index in [1.54, 1.807) is 12.1 Å². The topological polar surface area (TPSA) is 69.1 Å². The number of likely N-dealkylation sites (tertiary alicyclic amines) is 1. The minimum absolute atomic E-state index is 0.0680. The molecular weight excluding hydrogens is 390 g/mol. The van der Waals surface area contributed by atoms with E-state index < -0.39 is 12.7 Å². The van der Waals surface area contributed by atoms with E-state index in [2.05, 4.69) is 32.2 Å². The standard InChI is InChI=1S/C22H36F2N4O2/c1-3-25-22(26-12-4-5-13-28-14-6-7-17(2)16-28)27-15-20(29)18-8-10-19(11-9-18)30-21(23)24/h8-11,17,20-21,29H,3-7,12-16H2,1-2H3,(H2,25,26,27). The Hall–Kier alpha value is -1.93. The first-order valence-corrected chi connectivity index (χ1v) is 10.9. The van der Waals surface area contributed by atoms with Crippen LogP contribution in [0.2, 0.25) is 0 Å². The van der Waals surface area contributed by atoms with Crippen molar-refractivity contribution < 1.29 is 18.6 Å². The Kier molecular flexibility index (Phi) is 10.9. The number of halogens is 2. The van der Waals surface area contributed by atoms with Gasteiger partial charge in [-0.25, -0.2) is 0 Å². The first-order valence-electron chi connectivity index (χ1n) is 10.9. The fourth-order valence-corrected chi connectivity index (χ4v) is 3.65. The number of aliphatic imine (C=N–C) groups is 1. The van der Waals surface area contributed by atoms with Crippen LogP contribution in [0.25, 0.3) is 0 Å². The van der Waals surface area contributed by atoms with Crippen molar-refractivity contribution in [3.05, 3.63) is 29.8 Å². The lowest BCUT2D eigenvalue weighted by Gasteiger charge is -2.30. The molecule has 0 aromatic heterocycles. The summed E-state index contributed by atoms with van der Waals surface area (Å²) in [6, 6.07) is 5.97. The van der Waals surface area contributed by atoms with E-state index in [1.165, 1.54) is 38.1 Å². The van der Waals surface area contributed by atoms with Crippen molar-refractivity contribution in [3.63, 3.8) is 0 Å². The molecule has 3 N–H and O–H groups in total. The maximum absolute atomic E-state index is 12.2. The largest absolute Gasteiger partial charge is 0.435 e. The maximum atomic E-state index is 12.2. The summed E-state index contributed by atoms with van der Waals surface area (Å²) in [5.74, 6) is 1.54. The molecule has 0 bridgehead atoms. The predicted octanol–water partition coefficient (Wildman–Crippen LogP) is 3.39. The van der Waals surface area contributed by atoms with Crippen LogP contribution in [-0.2, 0) is 0 Å². The average Bonchev–Trinajstić information content (AvgIpc) is 2.71. The SMILES string of the molecule is CCNC(=NCC(O)c1ccc(OC(F)F)cc1)NCCCCN1CCCC(C)C1. The fourth-order valence-electron chi connectivity index (χ4n) is 3.65. The van der Waals surface area contributed by atoms with Crippen molar-refractivity contribution >= 4 is 5.96 Å². The lowest BCUT2D eigenvalue weighted by atomic mass is 10.0. The molecule has 2 atom stereocenters. The third-order valence-corrected chi connectivity index (χ3v) is 5.19. The summed E-state index contributed by atoms with van der Waals surface area (Å²) >= 11 is 0. The van der Waals surface area contributed by atoms with Gasteiger partial charge in [0.05, 0.1) is 12.6 Å². The molecule has 1 aliphatic rings. The van der Waals surface area contributed by atoms with E-state index in [0.29, 0.717) is 11.5 Å². The molecule has 30 heavy (non-hydrogen) atoms. The molecule has 1 aromatic rings. The van der Waals surface area contributed by atoms with E-state index in [9.17, 15) is 13.9 Å². The van der Waals surface area contributed by atoms with Crippen molar-refractivity contribution in [1.82, 2.24) is 15.5 Å². The number of benzene rings is 1. The highest BCUT2D eigenvalue weighted by atomic mass is 19.3. The van der Waals surface area contributed by atoms with Gasteiger partial charge < -0.3 is 25.4 Å². The molecule has 1 aliphatic heterocycles. The molecule has 1 fully saturated rings. The van der Waals surface area contributed by atoms with Crippen LogP contribution in [0.1, 0.15) is 51.2 Å². The van der Waals surface area contributed by atoms with Gasteiger partial charge >= 0.3 is 6.61 Å². The molecule has 8 heteroatoms. The van der Waals surface area contributed by atoms with Crippen LogP contribution in [0, 0.1) is 5.92 Å². The molecule has 1 aromatic carbocycles. The van der Waals surface area contributed by atoms with Gasteiger partial charge in [-0.2, -0.15) is 8.78 Å². The Balaban J connectivity index is 1.72. The zero-order valence-electron chi connectivity index (χ0n) is 18.1. The van der Waals surface area contributed by atoms with Gasteiger partial charge in [0.1, 0.15) is 5.75 Å². The zero-order valence-corrected chi connectivity index (χ0v) is 18.1. The molecule has 1 heterocycles. The maximum Gasteiger partial charge on any atom is 0.387 e. The van der Waals surface area contributed by atoms with Crippen molar-refractivity contribution in [2.24, 2.45) is 10.9 Å². The van der Waals surface area contributed by atoms with Gasteiger partial charge in [0.15, 0.2) is 5.96 Å². The smallest absolute Gasteiger partial charge is 0.387 e. The summed E-state index contributed by atoms with van der Waals surface area (Å²) in [5.41, 5.74) is 0.604. The number of piperidine rings is 1. The molecule has 6 nitrogen and oxygen atoms in total. The minimum atomic E-state index is -2.86. The number of hydrogen-bond acceptors (Lipinski definition) is 4. The number of alkyl halides is 2. The number of hydrogen-bond donors (Lipinski definition) is 3. The van der Waals surface area contributed by atoms with Gasteiger partial charge in [-0.15, -0.1) is 0 Å². The van der Waals surface area contributed by atoms with E-state index in [0.717, 1.165) is 38.4 Å². The Morgan fingerprint density at radius 3 is 2.70 bits per heavy atom. The van der Waals surface area contributed by atoms with Crippen molar-refractivity contribution in [1.29, 1.82) is 0 Å². The van der Waals surface area contributed by atoms with E-state index in [4.69, 9.17) is 0 Å². The second-order valence-corrected chi connectivity index (χ2v) is 7.86. The molecule has 0 aliphatic carbocycles. The summed E-state index contributed by atoms with van der Waals surface area (Å²) in [4.78, 5) is 7.00. The first kappa shape index (κ1) is 24.3. The Labute approximate surface area is 178 Å². The van der Waals surface area contributed by atoms with Crippen molar-refractivity contribution in [2.75, 3.05) is 39.3 Å². The monoisotopic (exact) mass is 426 g/mol. The third-order valence-electron chi connectivity index (χ3n) is 5.19. The number of ether oxygens (including phenoxy) is 1. The minimum Gasteiger partial charge on any atom is -0.435 e. The van der Waals surface area contributed by atoms with Crippen LogP contribution in [0.15, 0.2) is 29.3 Å². The Bertz CT molecular complexity index is 628. The molecule has 0 radical (unpaired) electrons. The van der Waals surface area contributed by atoms with E-state index >= 15 is 0 Å². The summed E-state index contributed by atoms with van der Waals surface area (Å²) in [6.45, 7) is 6.76. The highest BCUT2D eigenvalue weighted by molar-refractivity contribution is 5.79. The molecule has 0 saturated carbocycles. The lowest BCUT2D eigenvalue weighted by molar-refractivity contribution is -0.0498. The molecule has 0 amide bonds. The van der Waals surface area contributed by atoms with E-state index in [1.807, 2.05) is 6.92 Å². The summed E-state index contributed by atoms with van der Waals surface area (Å²) in [7, 11) is 0. The summed E-state index contributed by atoms with van der Waals surface area (Å²) in [5, 5.41) is 16.8. The van der Waals surface area contributed by atoms with Crippen LogP contribution >= 0.6 is 0 Å². The predicted molar refractivity (Wildman–Crippen MR) is 116 cm³/mol. The molecule has 170 valence electrons. The number of aliphatic hydroxyl groups is 1. The van der Waals surface area contributed by atoms with Gasteiger partial charge in [0.2, 0.25) is 0 Å². The molecule has 1 saturated heterocycles. The molecular formula is C22H36F2N4O2.